The van der Waals surface area contributed by atoms with Crippen molar-refractivity contribution in [1.29, 1.82) is 0 Å². The molecule has 6 nitrogen and oxygen atoms in total. The minimum atomic E-state index is -0.124. The Labute approximate surface area is 135 Å². The van der Waals surface area contributed by atoms with Crippen LogP contribution in [0.15, 0.2) is 33.9 Å². The molecule has 0 spiro atoms. The van der Waals surface area contributed by atoms with E-state index in [1.807, 2.05) is 38.1 Å². The van der Waals surface area contributed by atoms with Gasteiger partial charge in [0.05, 0.1) is 11.4 Å². The zero-order valence-corrected chi connectivity index (χ0v) is 14.1. The zero-order valence-electron chi connectivity index (χ0n) is 11.7. The van der Waals surface area contributed by atoms with Crippen LogP contribution >= 0.6 is 27.7 Å². The first-order valence-corrected chi connectivity index (χ1v) is 8.14. The van der Waals surface area contributed by atoms with Crippen molar-refractivity contribution in [1.82, 2.24) is 14.9 Å². The lowest BCUT2D eigenvalue weighted by Crippen LogP contribution is -2.17. The highest BCUT2D eigenvalue weighted by molar-refractivity contribution is 9.10. The van der Waals surface area contributed by atoms with Crippen molar-refractivity contribution < 1.29 is 4.79 Å². The maximum Gasteiger partial charge on any atom is 0.234 e. The summed E-state index contributed by atoms with van der Waals surface area (Å²) < 4.78 is 2.27. The summed E-state index contributed by atoms with van der Waals surface area (Å²) in [7, 11) is 0. The number of nitrogens with two attached hydrogens (primary N) is 1. The van der Waals surface area contributed by atoms with Crippen LogP contribution in [0.25, 0.3) is 0 Å². The molecule has 0 saturated heterocycles. The number of amides is 1. The molecule has 112 valence electrons. The van der Waals surface area contributed by atoms with Gasteiger partial charge < -0.3 is 11.2 Å². The van der Waals surface area contributed by atoms with Crippen LogP contribution in [0.1, 0.15) is 25.6 Å². The number of benzene rings is 1. The van der Waals surface area contributed by atoms with Gasteiger partial charge in [0, 0.05) is 10.4 Å². The molecule has 0 aliphatic carbocycles. The molecule has 0 unspecified atom stereocenters. The van der Waals surface area contributed by atoms with Gasteiger partial charge in [-0.25, -0.2) is 4.68 Å². The molecule has 21 heavy (non-hydrogen) atoms. The molecule has 1 aromatic carbocycles. The van der Waals surface area contributed by atoms with E-state index in [1.54, 1.807) is 0 Å². The lowest BCUT2D eigenvalue weighted by molar-refractivity contribution is -0.113. The van der Waals surface area contributed by atoms with E-state index < -0.39 is 0 Å². The van der Waals surface area contributed by atoms with Gasteiger partial charge in [-0.1, -0.05) is 37.7 Å². The molecule has 0 aliphatic rings. The Morgan fingerprint density at radius 3 is 2.76 bits per heavy atom. The van der Waals surface area contributed by atoms with Crippen LogP contribution in [0.3, 0.4) is 0 Å². The van der Waals surface area contributed by atoms with Crippen molar-refractivity contribution >= 4 is 39.3 Å². The minimum Gasteiger partial charge on any atom is -0.336 e. The summed E-state index contributed by atoms with van der Waals surface area (Å²) in [6, 6.07) is 7.45. The molecular weight excluding hydrogens is 354 g/mol. The first kappa shape index (κ1) is 15.8. The first-order chi connectivity index (χ1) is 9.99. The number of hydrogen-bond donors (Lipinski definition) is 2. The number of nitrogen functional groups attached to an aromatic ring is 1. The predicted molar refractivity (Wildman–Crippen MR) is 87.8 cm³/mol. The number of para-hydroxylation sites is 1. The number of carbonyl (C=O) groups excluding carboxylic acids is 1. The van der Waals surface area contributed by atoms with E-state index in [-0.39, 0.29) is 17.6 Å². The summed E-state index contributed by atoms with van der Waals surface area (Å²) in [4.78, 5) is 11.9. The summed E-state index contributed by atoms with van der Waals surface area (Å²) >= 11 is 4.64. The van der Waals surface area contributed by atoms with Crippen molar-refractivity contribution in [2.75, 3.05) is 16.9 Å². The topological polar surface area (TPSA) is 85.8 Å². The van der Waals surface area contributed by atoms with Crippen LogP contribution in [-0.2, 0) is 4.79 Å². The summed E-state index contributed by atoms with van der Waals surface area (Å²) in [5.41, 5.74) is 0.736. The fourth-order valence-corrected chi connectivity index (χ4v) is 2.71. The number of nitrogens with zero attached hydrogens (tertiary/aromatic N) is 3. The first-order valence-electron chi connectivity index (χ1n) is 6.36. The van der Waals surface area contributed by atoms with E-state index in [0.717, 1.165) is 10.2 Å². The number of rotatable bonds is 5. The number of anilines is 1. The molecule has 0 saturated carbocycles. The van der Waals surface area contributed by atoms with Crippen LogP contribution in [0.2, 0.25) is 0 Å². The smallest absolute Gasteiger partial charge is 0.234 e. The monoisotopic (exact) mass is 369 g/mol. The number of nitrogens with one attached hydrogen (secondary N) is 1. The van der Waals surface area contributed by atoms with Crippen LogP contribution in [0.5, 0.6) is 0 Å². The second kappa shape index (κ2) is 6.95. The molecule has 3 N–H and O–H groups in total. The Morgan fingerprint density at radius 1 is 1.43 bits per heavy atom. The zero-order chi connectivity index (χ0) is 15.4. The third-order valence-electron chi connectivity index (χ3n) is 2.69. The lowest BCUT2D eigenvalue weighted by Gasteiger charge is -2.07. The molecule has 1 heterocycles. The molecule has 0 radical (unpaired) electrons. The highest BCUT2D eigenvalue weighted by Crippen LogP contribution is 2.22. The molecule has 1 amide bonds. The second-order valence-corrected chi connectivity index (χ2v) is 6.48. The van der Waals surface area contributed by atoms with Gasteiger partial charge >= 0.3 is 0 Å². The third kappa shape index (κ3) is 3.98. The normalized spacial score (nSPS) is 10.9. The SMILES string of the molecule is CC(C)c1nnc(SCC(=O)Nc2ccccc2Br)n1N. The summed E-state index contributed by atoms with van der Waals surface area (Å²) in [6.45, 7) is 3.98. The molecule has 0 aliphatic heterocycles. The Bertz CT molecular complexity index is 643. The Balaban J connectivity index is 1.94. The van der Waals surface area contributed by atoms with Crippen molar-refractivity contribution in [3.63, 3.8) is 0 Å². The van der Waals surface area contributed by atoms with Gasteiger partial charge in [-0.2, -0.15) is 0 Å². The molecule has 1 aromatic heterocycles. The van der Waals surface area contributed by atoms with Gasteiger partial charge in [0.1, 0.15) is 0 Å². The highest BCUT2D eigenvalue weighted by atomic mass is 79.9. The number of thioether (sulfide) groups is 1. The molecule has 0 fully saturated rings. The van der Waals surface area contributed by atoms with Crippen LogP contribution in [0.4, 0.5) is 5.69 Å². The second-order valence-electron chi connectivity index (χ2n) is 4.68. The molecular formula is C13H16BrN5OS. The molecule has 0 atom stereocenters. The molecule has 2 aromatic rings. The highest BCUT2D eigenvalue weighted by Gasteiger charge is 2.14. The van der Waals surface area contributed by atoms with Crippen molar-refractivity contribution in [3.8, 4) is 0 Å². The summed E-state index contributed by atoms with van der Waals surface area (Å²) in [5, 5.41) is 11.4. The van der Waals surface area contributed by atoms with Gasteiger partial charge in [-0.3, -0.25) is 4.79 Å². The van der Waals surface area contributed by atoms with E-state index in [4.69, 9.17) is 5.84 Å². The number of halogens is 1. The fourth-order valence-electron chi connectivity index (χ4n) is 1.66. The Morgan fingerprint density at radius 2 is 2.14 bits per heavy atom. The van der Waals surface area contributed by atoms with Crippen LogP contribution in [0, 0.1) is 0 Å². The summed E-state index contributed by atoms with van der Waals surface area (Å²) in [5.74, 6) is 6.88. The number of carbonyl (C=O) groups is 1. The minimum absolute atomic E-state index is 0.124. The van der Waals surface area contributed by atoms with Gasteiger partial charge in [0.25, 0.3) is 0 Å². The lowest BCUT2D eigenvalue weighted by atomic mass is 10.2. The van der Waals surface area contributed by atoms with Crippen molar-refractivity contribution in [3.05, 3.63) is 34.6 Å². The van der Waals surface area contributed by atoms with E-state index in [1.165, 1.54) is 16.4 Å². The van der Waals surface area contributed by atoms with Gasteiger partial charge in [0.15, 0.2) is 5.82 Å². The average Bonchev–Trinajstić information content (AvgIpc) is 2.80. The largest absolute Gasteiger partial charge is 0.336 e. The van der Waals surface area contributed by atoms with Crippen molar-refractivity contribution in [2.24, 2.45) is 0 Å². The van der Waals surface area contributed by atoms with Gasteiger partial charge in [-0.05, 0) is 28.1 Å². The van der Waals surface area contributed by atoms with E-state index >= 15 is 0 Å². The van der Waals surface area contributed by atoms with Crippen LogP contribution in [-0.4, -0.2) is 26.5 Å². The fraction of sp³-hybridized carbons (Fsp3) is 0.308. The van der Waals surface area contributed by atoms with Crippen LogP contribution < -0.4 is 11.2 Å². The van der Waals surface area contributed by atoms with E-state index in [0.29, 0.717) is 11.0 Å². The van der Waals surface area contributed by atoms with Crippen molar-refractivity contribution in [2.45, 2.75) is 24.9 Å². The predicted octanol–water partition coefficient (Wildman–Crippen LogP) is 2.61. The maximum absolute atomic E-state index is 11.9. The van der Waals surface area contributed by atoms with E-state index in [2.05, 4.69) is 31.4 Å². The van der Waals surface area contributed by atoms with Gasteiger partial charge in [-0.15, -0.1) is 10.2 Å². The standard InChI is InChI=1S/C13H16BrN5OS/c1-8(2)12-17-18-13(19(12)15)21-7-11(20)16-10-6-4-3-5-9(10)14/h3-6,8H,7,15H2,1-2H3,(H,16,20). The van der Waals surface area contributed by atoms with E-state index in [9.17, 15) is 4.79 Å². The molecule has 0 bridgehead atoms. The quantitative estimate of drug-likeness (QED) is 0.624. The molecule has 8 heteroatoms. The molecule has 2 rings (SSSR count). The van der Waals surface area contributed by atoms with Gasteiger partial charge in [0.2, 0.25) is 11.1 Å². The Hall–Kier alpha value is -1.54. The number of aromatic nitrogens is 3. The Kier molecular flexibility index (Phi) is 5.24. The summed E-state index contributed by atoms with van der Waals surface area (Å²) in [6.07, 6.45) is 0. The third-order valence-corrected chi connectivity index (χ3v) is 4.32. The average molecular weight is 370 g/mol. The maximum atomic E-state index is 11.9. The number of hydrogen-bond acceptors (Lipinski definition) is 5.